The van der Waals surface area contributed by atoms with E-state index in [0.29, 0.717) is 12.2 Å². The molecule has 0 saturated carbocycles. The van der Waals surface area contributed by atoms with E-state index in [1.54, 1.807) is 0 Å². The Morgan fingerprint density at radius 3 is 2.46 bits per heavy atom. The molecule has 4 rings (SSSR count). The third-order valence-corrected chi connectivity index (χ3v) is 4.54. The minimum absolute atomic E-state index is 0.0538. The molecule has 3 heterocycles. The van der Waals surface area contributed by atoms with Gasteiger partial charge in [0.05, 0.1) is 12.4 Å². The molecule has 1 amide bonds. The zero-order valence-electron chi connectivity index (χ0n) is 14.5. The van der Waals surface area contributed by atoms with Crippen molar-refractivity contribution >= 4 is 17.2 Å². The molecule has 2 aliphatic rings. The minimum atomic E-state index is 0.0538. The number of amides is 1. The van der Waals surface area contributed by atoms with Crippen LogP contribution in [0.15, 0.2) is 43.1 Å². The first-order chi connectivity index (χ1) is 11.6. The SMILES string of the molecule is C=C1C(=O)N(CN2CCCC2)c2ccccc21.Cc1c[nH]c(C)c1. The highest BCUT2D eigenvalue weighted by molar-refractivity contribution is 6.31. The first-order valence-corrected chi connectivity index (χ1v) is 8.50. The lowest BCUT2D eigenvalue weighted by atomic mass is 10.1. The number of nitrogens with zero attached hydrogens (tertiary/aromatic N) is 2. The molecule has 126 valence electrons. The Kier molecular flexibility index (Phi) is 4.86. The zero-order chi connectivity index (χ0) is 17.1. The first kappa shape index (κ1) is 16.5. The standard InChI is InChI=1S/C14H16N2O.C6H9N/c1-11-12-6-2-3-7-13(12)16(14(11)17)10-15-8-4-5-9-15;1-5-3-6(2)7-4-5/h2-3,6-7H,1,4-5,8-10H2;3-4,7H,1-2H3. The van der Waals surface area contributed by atoms with Gasteiger partial charge in [-0.15, -0.1) is 0 Å². The highest BCUT2D eigenvalue weighted by atomic mass is 16.2. The van der Waals surface area contributed by atoms with Gasteiger partial charge in [0.15, 0.2) is 0 Å². The molecule has 0 aliphatic carbocycles. The maximum absolute atomic E-state index is 12.1. The van der Waals surface area contributed by atoms with E-state index in [1.165, 1.54) is 24.1 Å². The summed E-state index contributed by atoms with van der Waals surface area (Å²) in [6.45, 7) is 10.9. The van der Waals surface area contributed by atoms with Gasteiger partial charge in [-0.3, -0.25) is 14.6 Å². The summed E-state index contributed by atoms with van der Waals surface area (Å²) < 4.78 is 0. The molecule has 1 N–H and O–H groups in total. The number of H-pyrrole nitrogens is 1. The summed E-state index contributed by atoms with van der Waals surface area (Å²) in [6, 6.07) is 10.0. The Bertz CT molecular complexity index is 724. The topological polar surface area (TPSA) is 39.3 Å². The molecule has 4 nitrogen and oxygen atoms in total. The number of nitrogens with one attached hydrogen (secondary N) is 1. The van der Waals surface area contributed by atoms with Gasteiger partial charge in [-0.25, -0.2) is 0 Å². The molecule has 0 spiro atoms. The molecular weight excluding hydrogens is 298 g/mol. The van der Waals surface area contributed by atoms with Crippen molar-refractivity contribution in [3.63, 3.8) is 0 Å². The van der Waals surface area contributed by atoms with E-state index in [4.69, 9.17) is 0 Å². The number of aromatic amines is 1. The van der Waals surface area contributed by atoms with Gasteiger partial charge in [-0.1, -0.05) is 24.8 Å². The molecule has 0 radical (unpaired) electrons. The molecule has 2 aromatic rings. The van der Waals surface area contributed by atoms with Crippen molar-refractivity contribution in [3.05, 3.63) is 59.9 Å². The predicted octanol–water partition coefficient (Wildman–Crippen LogP) is 3.73. The summed E-state index contributed by atoms with van der Waals surface area (Å²) in [4.78, 5) is 19.4. The van der Waals surface area contributed by atoms with Gasteiger partial charge in [0, 0.05) is 23.0 Å². The van der Waals surface area contributed by atoms with Gasteiger partial charge in [0.1, 0.15) is 0 Å². The van der Waals surface area contributed by atoms with E-state index >= 15 is 0 Å². The van der Waals surface area contributed by atoms with Crippen LogP contribution in [0.2, 0.25) is 0 Å². The lowest BCUT2D eigenvalue weighted by Gasteiger charge is -2.23. The van der Waals surface area contributed by atoms with Gasteiger partial charge < -0.3 is 4.98 Å². The molecule has 2 aliphatic heterocycles. The van der Waals surface area contributed by atoms with Gasteiger partial charge in [0.25, 0.3) is 5.91 Å². The van der Waals surface area contributed by atoms with Crippen molar-refractivity contribution in [2.45, 2.75) is 26.7 Å². The van der Waals surface area contributed by atoms with Crippen LogP contribution in [0.5, 0.6) is 0 Å². The van der Waals surface area contributed by atoms with Crippen LogP contribution in [0.3, 0.4) is 0 Å². The van der Waals surface area contributed by atoms with Crippen LogP contribution >= 0.6 is 0 Å². The fraction of sp³-hybridized carbons (Fsp3) is 0.350. The number of carbonyl (C=O) groups excluding carboxylic acids is 1. The Balaban J connectivity index is 0.000000203. The van der Waals surface area contributed by atoms with Gasteiger partial charge in [-0.2, -0.15) is 0 Å². The highest BCUT2D eigenvalue weighted by Gasteiger charge is 2.31. The van der Waals surface area contributed by atoms with Crippen LogP contribution in [0.1, 0.15) is 29.7 Å². The fourth-order valence-electron chi connectivity index (χ4n) is 3.27. The quantitative estimate of drug-likeness (QED) is 0.855. The monoisotopic (exact) mass is 323 g/mol. The summed E-state index contributed by atoms with van der Waals surface area (Å²) in [6.07, 6.45) is 4.48. The Labute approximate surface area is 143 Å². The second-order valence-corrected chi connectivity index (χ2v) is 6.56. The summed E-state index contributed by atoms with van der Waals surface area (Å²) in [5.74, 6) is 0.0538. The number of fused-ring (bicyclic) bond motifs is 1. The first-order valence-electron chi connectivity index (χ1n) is 8.50. The van der Waals surface area contributed by atoms with E-state index in [-0.39, 0.29) is 5.91 Å². The maximum atomic E-state index is 12.1. The average Bonchev–Trinajstić information content (AvgIpc) is 3.27. The average molecular weight is 323 g/mol. The van der Waals surface area contributed by atoms with Crippen LogP contribution in [0.25, 0.3) is 5.57 Å². The molecule has 4 heteroatoms. The van der Waals surface area contributed by atoms with Crippen molar-refractivity contribution in [1.82, 2.24) is 9.88 Å². The second kappa shape index (κ2) is 7.05. The summed E-state index contributed by atoms with van der Waals surface area (Å²) in [5, 5.41) is 0. The second-order valence-electron chi connectivity index (χ2n) is 6.56. The van der Waals surface area contributed by atoms with Crippen molar-refractivity contribution in [2.24, 2.45) is 0 Å². The van der Waals surface area contributed by atoms with Gasteiger partial charge >= 0.3 is 0 Å². The lowest BCUT2D eigenvalue weighted by Crippen LogP contribution is -2.38. The molecule has 0 bridgehead atoms. The number of likely N-dealkylation sites (tertiary alicyclic amines) is 1. The van der Waals surface area contributed by atoms with Crippen LogP contribution in [-0.2, 0) is 4.79 Å². The van der Waals surface area contributed by atoms with Crippen LogP contribution in [-0.4, -0.2) is 35.5 Å². The van der Waals surface area contributed by atoms with Crippen molar-refractivity contribution in [1.29, 1.82) is 0 Å². The summed E-state index contributed by atoms with van der Waals surface area (Å²) in [5.41, 5.74) is 5.15. The normalized spacial score (nSPS) is 17.0. The smallest absolute Gasteiger partial charge is 0.259 e. The molecule has 0 atom stereocenters. The van der Waals surface area contributed by atoms with E-state index in [0.717, 1.165) is 24.3 Å². The molecular formula is C20H25N3O. The predicted molar refractivity (Wildman–Crippen MR) is 98.9 cm³/mol. The minimum Gasteiger partial charge on any atom is -0.365 e. The molecule has 1 aromatic carbocycles. The number of anilines is 1. The van der Waals surface area contributed by atoms with Crippen LogP contribution < -0.4 is 4.90 Å². The Hall–Kier alpha value is -2.33. The third-order valence-electron chi connectivity index (χ3n) is 4.54. The summed E-state index contributed by atoms with van der Waals surface area (Å²) in [7, 11) is 0. The van der Waals surface area contributed by atoms with E-state index in [9.17, 15) is 4.79 Å². The number of rotatable bonds is 2. The fourth-order valence-corrected chi connectivity index (χ4v) is 3.27. The Morgan fingerprint density at radius 1 is 1.17 bits per heavy atom. The lowest BCUT2D eigenvalue weighted by molar-refractivity contribution is -0.113. The van der Waals surface area contributed by atoms with E-state index in [2.05, 4.69) is 29.5 Å². The Morgan fingerprint density at radius 2 is 1.88 bits per heavy atom. The number of aryl methyl sites for hydroxylation is 2. The van der Waals surface area contributed by atoms with Crippen LogP contribution in [0.4, 0.5) is 5.69 Å². The number of para-hydroxylation sites is 1. The van der Waals surface area contributed by atoms with E-state index < -0.39 is 0 Å². The molecule has 24 heavy (non-hydrogen) atoms. The molecule has 1 aromatic heterocycles. The zero-order valence-corrected chi connectivity index (χ0v) is 14.5. The van der Waals surface area contributed by atoms with E-state index in [1.807, 2.05) is 42.3 Å². The number of hydrogen-bond donors (Lipinski definition) is 1. The number of hydrogen-bond acceptors (Lipinski definition) is 2. The van der Waals surface area contributed by atoms with Gasteiger partial charge in [0.2, 0.25) is 0 Å². The molecule has 0 unspecified atom stereocenters. The largest absolute Gasteiger partial charge is 0.365 e. The number of aromatic nitrogens is 1. The summed E-state index contributed by atoms with van der Waals surface area (Å²) >= 11 is 0. The van der Waals surface area contributed by atoms with Gasteiger partial charge in [-0.05, 0) is 57.5 Å². The third kappa shape index (κ3) is 3.44. The van der Waals surface area contributed by atoms with Crippen molar-refractivity contribution in [3.8, 4) is 0 Å². The number of carbonyl (C=O) groups is 1. The van der Waals surface area contributed by atoms with Crippen molar-refractivity contribution in [2.75, 3.05) is 24.7 Å². The van der Waals surface area contributed by atoms with Crippen molar-refractivity contribution < 1.29 is 4.79 Å². The highest BCUT2D eigenvalue weighted by Crippen LogP contribution is 2.35. The van der Waals surface area contributed by atoms with Crippen LogP contribution in [0, 0.1) is 13.8 Å². The molecule has 1 fully saturated rings. The maximum Gasteiger partial charge on any atom is 0.259 e. The molecule has 1 saturated heterocycles. The number of benzene rings is 1.